The molecule has 2 aromatic rings. The lowest BCUT2D eigenvalue weighted by Crippen LogP contribution is -2.53. The first kappa shape index (κ1) is 21.1. The molecule has 0 bridgehead atoms. The molecule has 0 radical (unpaired) electrons. The van der Waals surface area contributed by atoms with E-state index in [0.717, 1.165) is 0 Å². The van der Waals surface area contributed by atoms with Gasteiger partial charge in [0, 0.05) is 25.3 Å². The highest BCUT2D eigenvalue weighted by molar-refractivity contribution is 6.30. The number of carbonyl (C=O) groups excluding carboxylic acids is 1. The highest BCUT2D eigenvalue weighted by atomic mass is 35.5. The van der Waals surface area contributed by atoms with Crippen LogP contribution in [0, 0.1) is 5.82 Å². The molecule has 0 fully saturated rings. The third-order valence-corrected chi connectivity index (χ3v) is 5.09. The maximum atomic E-state index is 14.8. The summed E-state index contributed by atoms with van der Waals surface area (Å²) in [6, 6.07) is 7.07. The van der Waals surface area contributed by atoms with Gasteiger partial charge in [0.05, 0.1) is 5.02 Å². The van der Waals surface area contributed by atoms with Crippen molar-refractivity contribution in [1.29, 1.82) is 0 Å². The molecule has 0 spiro atoms. The number of Topliss-reactive ketones (excluding diaryl/α,β-unsaturated/α-hetero) is 1. The molecule has 1 aliphatic rings. The molecule has 2 heterocycles. The van der Waals surface area contributed by atoms with Crippen LogP contribution in [0.3, 0.4) is 0 Å². The van der Waals surface area contributed by atoms with Gasteiger partial charge in [0.25, 0.3) is 6.02 Å². The predicted molar refractivity (Wildman–Crippen MR) is 104 cm³/mol. The molecule has 0 aliphatic carbocycles. The maximum Gasteiger partial charge on any atom is 0.283 e. The average Bonchev–Trinajstić information content (AvgIpc) is 2.69. The van der Waals surface area contributed by atoms with Gasteiger partial charge in [0.15, 0.2) is 11.9 Å². The maximum absolute atomic E-state index is 14.8. The Morgan fingerprint density at radius 1 is 1.38 bits per heavy atom. The smallest absolute Gasteiger partial charge is 0.283 e. The lowest BCUT2D eigenvalue weighted by molar-refractivity contribution is -0.0705. The number of pyridine rings is 1. The van der Waals surface area contributed by atoms with Crippen LogP contribution in [0.1, 0.15) is 28.5 Å². The summed E-state index contributed by atoms with van der Waals surface area (Å²) in [5.74, 6) is -0.837. The molecule has 2 N–H and O–H groups in total. The number of ketones is 1. The molecule has 6 nitrogen and oxygen atoms in total. The largest absolute Gasteiger partial charge is 0.456 e. The van der Waals surface area contributed by atoms with Crippen LogP contribution in [0.4, 0.5) is 8.78 Å². The van der Waals surface area contributed by atoms with Gasteiger partial charge in [0.2, 0.25) is 0 Å². The van der Waals surface area contributed by atoms with Crippen LogP contribution in [-0.2, 0) is 21.4 Å². The minimum absolute atomic E-state index is 0.0160. The molecule has 0 amide bonds. The zero-order valence-corrected chi connectivity index (χ0v) is 16.6. The first-order chi connectivity index (χ1) is 13.8. The SMILES string of the molecule is CO[C@H]1[C@@H](CF)OC(N)=N[C@]1(C)c1cc(CC(=O)c2ccc(Cl)cn2)ccc1F. The summed E-state index contributed by atoms with van der Waals surface area (Å²) < 4.78 is 38.8. The fraction of sp³-hybridized carbons (Fsp3) is 0.350. The van der Waals surface area contributed by atoms with Crippen LogP contribution in [0.5, 0.6) is 0 Å². The number of carbonyl (C=O) groups is 1. The van der Waals surface area contributed by atoms with Crippen molar-refractivity contribution >= 4 is 23.4 Å². The molecule has 3 rings (SSSR count). The normalized spacial score (nSPS) is 24.0. The van der Waals surface area contributed by atoms with Gasteiger partial charge in [-0.05, 0) is 36.8 Å². The zero-order chi connectivity index (χ0) is 21.2. The van der Waals surface area contributed by atoms with Crippen molar-refractivity contribution in [2.24, 2.45) is 10.7 Å². The number of amidine groups is 1. The molecule has 1 aromatic carbocycles. The van der Waals surface area contributed by atoms with E-state index in [4.69, 9.17) is 26.8 Å². The van der Waals surface area contributed by atoms with Crippen molar-refractivity contribution in [3.8, 4) is 0 Å². The Labute approximate surface area is 171 Å². The molecule has 0 unspecified atom stereocenters. The number of alkyl halides is 1. The monoisotopic (exact) mass is 423 g/mol. The van der Waals surface area contributed by atoms with Gasteiger partial charge in [-0.2, -0.15) is 0 Å². The Morgan fingerprint density at radius 3 is 2.76 bits per heavy atom. The summed E-state index contributed by atoms with van der Waals surface area (Å²) in [6.07, 6.45) is -0.590. The highest BCUT2D eigenvalue weighted by Crippen LogP contribution is 2.38. The summed E-state index contributed by atoms with van der Waals surface area (Å²) in [5, 5.41) is 0.418. The number of hydrogen-bond acceptors (Lipinski definition) is 6. The second-order valence-corrected chi connectivity index (χ2v) is 7.28. The Kier molecular flexibility index (Phi) is 6.14. The molecule has 3 atom stereocenters. The molecule has 1 aliphatic heterocycles. The van der Waals surface area contributed by atoms with Gasteiger partial charge < -0.3 is 15.2 Å². The fourth-order valence-electron chi connectivity index (χ4n) is 3.49. The molecule has 29 heavy (non-hydrogen) atoms. The summed E-state index contributed by atoms with van der Waals surface area (Å²) in [7, 11) is 1.36. The molecular weight excluding hydrogens is 404 g/mol. The summed E-state index contributed by atoms with van der Waals surface area (Å²) in [4.78, 5) is 20.7. The Balaban J connectivity index is 1.97. The summed E-state index contributed by atoms with van der Waals surface area (Å²) >= 11 is 5.79. The number of rotatable bonds is 6. The van der Waals surface area contributed by atoms with E-state index in [0.29, 0.717) is 10.6 Å². The second kappa shape index (κ2) is 8.42. The summed E-state index contributed by atoms with van der Waals surface area (Å²) in [6.45, 7) is 0.705. The molecule has 1 aromatic heterocycles. The Bertz CT molecular complexity index is 939. The van der Waals surface area contributed by atoms with Gasteiger partial charge in [-0.15, -0.1) is 0 Å². The number of methoxy groups -OCH3 is 1. The van der Waals surface area contributed by atoms with Crippen LogP contribution >= 0.6 is 11.6 Å². The van der Waals surface area contributed by atoms with Crippen LogP contribution in [0.25, 0.3) is 0 Å². The van der Waals surface area contributed by atoms with E-state index in [1.807, 2.05) is 0 Å². The number of aromatic nitrogens is 1. The lowest BCUT2D eigenvalue weighted by Gasteiger charge is -2.41. The third kappa shape index (κ3) is 4.23. The van der Waals surface area contributed by atoms with Crippen molar-refractivity contribution in [2.75, 3.05) is 13.8 Å². The van der Waals surface area contributed by atoms with Crippen molar-refractivity contribution in [2.45, 2.75) is 31.1 Å². The highest BCUT2D eigenvalue weighted by Gasteiger charge is 2.47. The first-order valence-corrected chi connectivity index (χ1v) is 9.20. The quantitative estimate of drug-likeness (QED) is 0.721. The second-order valence-electron chi connectivity index (χ2n) is 6.84. The van der Waals surface area contributed by atoms with Crippen molar-refractivity contribution in [1.82, 2.24) is 4.98 Å². The molecule has 154 valence electrons. The average molecular weight is 424 g/mol. The minimum Gasteiger partial charge on any atom is -0.456 e. The van der Waals surface area contributed by atoms with Crippen LogP contribution in [0.15, 0.2) is 41.5 Å². The molecule has 9 heteroatoms. The van der Waals surface area contributed by atoms with E-state index in [9.17, 15) is 13.6 Å². The standard InChI is InChI=1S/C20H20ClF2N3O3/c1-20(18(28-2)17(9-22)29-19(24)26-20)13-7-11(3-5-14(13)23)8-16(27)15-6-4-12(21)10-25-15/h3-7,10,17-18H,8-9H2,1-2H3,(H2,24,26)/t17-,18+,20-/m1/s1. The zero-order valence-electron chi connectivity index (χ0n) is 15.9. The van der Waals surface area contributed by atoms with Crippen molar-refractivity contribution in [3.05, 3.63) is 64.2 Å². The number of nitrogens with two attached hydrogens (primary N) is 1. The first-order valence-electron chi connectivity index (χ1n) is 8.83. The van der Waals surface area contributed by atoms with Gasteiger partial charge in [-0.25, -0.2) is 13.8 Å². The number of ether oxygens (including phenoxy) is 2. The lowest BCUT2D eigenvalue weighted by atomic mass is 9.82. The van der Waals surface area contributed by atoms with Gasteiger partial charge >= 0.3 is 0 Å². The van der Waals surface area contributed by atoms with Gasteiger partial charge in [-0.3, -0.25) is 9.78 Å². The van der Waals surface area contributed by atoms with Crippen LogP contribution < -0.4 is 5.73 Å². The van der Waals surface area contributed by atoms with Crippen LogP contribution in [-0.4, -0.2) is 42.8 Å². The van der Waals surface area contributed by atoms with E-state index in [1.165, 1.54) is 37.6 Å². The van der Waals surface area contributed by atoms with E-state index < -0.39 is 30.2 Å². The van der Waals surface area contributed by atoms with Gasteiger partial charge in [0.1, 0.15) is 29.8 Å². The van der Waals surface area contributed by atoms with E-state index in [2.05, 4.69) is 9.98 Å². The fourth-order valence-corrected chi connectivity index (χ4v) is 3.60. The van der Waals surface area contributed by atoms with Crippen LogP contribution in [0.2, 0.25) is 5.02 Å². The summed E-state index contributed by atoms with van der Waals surface area (Å²) in [5.41, 5.74) is 5.27. The van der Waals surface area contributed by atoms with Gasteiger partial charge in [-0.1, -0.05) is 17.7 Å². The topological polar surface area (TPSA) is 86.8 Å². The number of aliphatic imine (C=N–C) groups is 1. The van der Waals surface area contributed by atoms with E-state index in [-0.39, 0.29) is 29.5 Å². The molecular formula is C20H20ClF2N3O3. The Hall–Kier alpha value is -2.58. The van der Waals surface area contributed by atoms with E-state index >= 15 is 0 Å². The Morgan fingerprint density at radius 2 is 2.14 bits per heavy atom. The van der Waals surface area contributed by atoms with Crippen molar-refractivity contribution in [3.63, 3.8) is 0 Å². The number of hydrogen-bond donors (Lipinski definition) is 1. The van der Waals surface area contributed by atoms with E-state index in [1.54, 1.807) is 13.0 Å². The number of nitrogens with zero attached hydrogens (tertiary/aromatic N) is 2. The van der Waals surface area contributed by atoms with Crippen molar-refractivity contribution < 1.29 is 23.0 Å². The third-order valence-electron chi connectivity index (χ3n) is 4.87. The predicted octanol–water partition coefficient (Wildman–Crippen LogP) is 3.21. The number of halogens is 3. The minimum atomic E-state index is -1.34. The molecule has 0 saturated carbocycles. The molecule has 0 saturated heterocycles. The number of benzene rings is 1.